The molecule has 1 saturated heterocycles. The summed E-state index contributed by atoms with van der Waals surface area (Å²) in [6.45, 7) is 3.78. The van der Waals surface area contributed by atoms with Crippen LogP contribution in [0.25, 0.3) is 0 Å². The Balaban J connectivity index is 1.44. The van der Waals surface area contributed by atoms with E-state index in [2.05, 4.69) is 10.2 Å². The normalized spacial score (nSPS) is 24.0. The fourth-order valence-electron chi connectivity index (χ4n) is 4.01. The second-order valence-electron chi connectivity index (χ2n) is 7.29. The predicted octanol–water partition coefficient (Wildman–Crippen LogP) is 3.01. The van der Waals surface area contributed by atoms with E-state index in [9.17, 15) is 9.59 Å². The minimum atomic E-state index is -0.168. The molecule has 0 aromatic carbocycles. The molecular weight excluding hydrogens is 304 g/mol. The average Bonchev–Trinajstić information content (AvgIpc) is 3.27. The van der Waals surface area contributed by atoms with Gasteiger partial charge in [-0.1, -0.05) is 19.3 Å². The monoisotopic (exact) mass is 332 g/mol. The lowest BCUT2D eigenvalue weighted by Gasteiger charge is -2.31. The highest BCUT2D eigenvalue weighted by atomic mass is 16.3. The summed E-state index contributed by atoms with van der Waals surface area (Å²) in [6.07, 6.45) is 9.27. The fraction of sp³-hybridized carbons (Fsp3) is 0.684. The Hall–Kier alpha value is -1.62. The summed E-state index contributed by atoms with van der Waals surface area (Å²) in [4.78, 5) is 27.0. The molecular formula is C19H28N2O3. The maximum Gasteiger partial charge on any atom is 0.224 e. The summed E-state index contributed by atoms with van der Waals surface area (Å²) < 4.78 is 5.11. The number of rotatable bonds is 6. The van der Waals surface area contributed by atoms with Crippen LogP contribution in [-0.2, 0) is 4.79 Å². The zero-order valence-corrected chi connectivity index (χ0v) is 14.5. The van der Waals surface area contributed by atoms with Gasteiger partial charge in [0.05, 0.1) is 12.2 Å². The number of likely N-dealkylation sites (tertiary alicyclic amines) is 1. The lowest BCUT2D eigenvalue weighted by Crippen LogP contribution is -2.40. The van der Waals surface area contributed by atoms with E-state index in [1.54, 1.807) is 12.1 Å². The van der Waals surface area contributed by atoms with E-state index in [-0.39, 0.29) is 30.1 Å². The lowest BCUT2D eigenvalue weighted by atomic mass is 9.94. The van der Waals surface area contributed by atoms with Gasteiger partial charge in [-0.05, 0) is 44.9 Å². The van der Waals surface area contributed by atoms with Gasteiger partial charge in [-0.3, -0.25) is 14.5 Å². The molecule has 132 valence electrons. The van der Waals surface area contributed by atoms with E-state index in [4.69, 9.17) is 4.42 Å². The van der Waals surface area contributed by atoms with Gasteiger partial charge in [0.15, 0.2) is 11.5 Å². The van der Waals surface area contributed by atoms with Crippen LogP contribution in [0.5, 0.6) is 0 Å². The summed E-state index contributed by atoms with van der Waals surface area (Å²) >= 11 is 0. The molecule has 1 N–H and O–H groups in total. The lowest BCUT2D eigenvalue weighted by molar-refractivity contribution is -0.125. The molecule has 2 unspecified atom stereocenters. The van der Waals surface area contributed by atoms with Crippen molar-refractivity contribution in [1.82, 2.24) is 10.2 Å². The zero-order valence-electron chi connectivity index (χ0n) is 14.5. The third-order valence-corrected chi connectivity index (χ3v) is 5.36. The number of hydrogen-bond acceptors (Lipinski definition) is 4. The van der Waals surface area contributed by atoms with Gasteiger partial charge >= 0.3 is 0 Å². The molecule has 2 aliphatic rings. The van der Waals surface area contributed by atoms with E-state index in [1.165, 1.54) is 38.4 Å². The summed E-state index contributed by atoms with van der Waals surface area (Å²) in [5.41, 5.74) is 0. The first-order valence-electron chi connectivity index (χ1n) is 9.24. The summed E-state index contributed by atoms with van der Waals surface area (Å²) in [5, 5.41) is 3.01. The minimum Gasteiger partial charge on any atom is -0.461 e. The standard InChI is InChI=1S/C19H28N2O3/c1-14(12-17(22)18-8-5-11-24-18)20-19(23)15-9-10-21(13-15)16-6-3-2-4-7-16/h5,8,11,14-16H,2-4,6-7,9-10,12-13H2,1H3,(H,20,23). The SMILES string of the molecule is CC(CC(=O)c1ccco1)NC(=O)C1CCN(C2CCCCC2)C1. The third kappa shape index (κ3) is 4.26. The Morgan fingerprint density at radius 1 is 1.29 bits per heavy atom. The van der Waals surface area contributed by atoms with Crippen LogP contribution in [0.4, 0.5) is 0 Å². The highest BCUT2D eigenvalue weighted by molar-refractivity contribution is 5.94. The number of ketones is 1. The molecule has 2 fully saturated rings. The molecule has 0 spiro atoms. The molecule has 5 heteroatoms. The topological polar surface area (TPSA) is 62.6 Å². The molecule has 0 radical (unpaired) electrons. The Morgan fingerprint density at radius 3 is 2.79 bits per heavy atom. The molecule has 0 bridgehead atoms. The Morgan fingerprint density at radius 2 is 2.08 bits per heavy atom. The van der Waals surface area contributed by atoms with Gasteiger partial charge in [0.2, 0.25) is 5.91 Å². The summed E-state index contributed by atoms with van der Waals surface area (Å²) in [7, 11) is 0. The van der Waals surface area contributed by atoms with E-state index < -0.39 is 0 Å². The van der Waals surface area contributed by atoms with Crippen molar-refractivity contribution in [2.24, 2.45) is 5.92 Å². The van der Waals surface area contributed by atoms with Crippen molar-refractivity contribution >= 4 is 11.7 Å². The molecule has 1 saturated carbocycles. The van der Waals surface area contributed by atoms with Crippen molar-refractivity contribution in [2.75, 3.05) is 13.1 Å². The van der Waals surface area contributed by atoms with Crippen molar-refractivity contribution in [1.29, 1.82) is 0 Å². The molecule has 1 aliphatic heterocycles. The van der Waals surface area contributed by atoms with Crippen molar-refractivity contribution in [3.63, 3.8) is 0 Å². The smallest absolute Gasteiger partial charge is 0.224 e. The third-order valence-electron chi connectivity index (χ3n) is 5.36. The number of Topliss-reactive ketones (excluding diaryl/α,β-unsaturated/α-hetero) is 1. The van der Waals surface area contributed by atoms with Crippen molar-refractivity contribution in [3.8, 4) is 0 Å². The van der Waals surface area contributed by atoms with Crippen LogP contribution in [-0.4, -0.2) is 41.8 Å². The van der Waals surface area contributed by atoms with Gasteiger partial charge in [-0.25, -0.2) is 0 Å². The summed E-state index contributed by atoms with van der Waals surface area (Å²) in [5.74, 6) is 0.449. The summed E-state index contributed by atoms with van der Waals surface area (Å²) in [6, 6.07) is 3.87. The Kier molecular flexibility index (Phi) is 5.72. The van der Waals surface area contributed by atoms with Gasteiger partial charge in [0.25, 0.3) is 0 Å². The first kappa shape index (κ1) is 17.2. The molecule has 2 heterocycles. The second-order valence-corrected chi connectivity index (χ2v) is 7.29. The quantitative estimate of drug-likeness (QED) is 0.814. The molecule has 1 amide bonds. The first-order valence-corrected chi connectivity index (χ1v) is 9.24. The fourth-order valence-corrected chi connectivity index (χ4v) is 4.01. The number of carbonyl (C=O) groups excluding carboxylic acids is 2. The Bertz CT molecular complexity index is 549. The maximum absolute atomic E-state index is 12.5. The molecule has 3 rings (SSSR count). The molecule has 2 atom stereocenters. The number of carbonyl (C=O) groups is 2. The number of furan rings is 1. The Labute approximate surface area is 143 Å². The van der Waals surface area contributed by atoms with E-state index in [1.807, 2.05) is 6.92 Å². The van der Waals surface area contributed by atoms with Crippen LogP contribution in [0.3, 0.4) is 0 Å². The van der Waals surface area contributed by atoms with E-state index in [0.29, 0.717) is 11.8 Å². The minimum absolute atomic E-state index is 0.0630. The number of amides is 1. The zero-order chi connectivity index (χ0) is 16.9. The molecule has 1 aromatic rings. The van der Waals surface area contributed by atoms with Gasteiger partial charge in [0.1, 0.15) is 0 Å². The highest BCUT2D eigenvalue weighted by Crippen LogP contribution is 2.27. The molecule has 24 heavy (non-hydrogen) atoms. The van der Waals surface area contributed by atoms with E-state index in [0.717, 1.165) is 19.5 Å². The first-order chi connectivity index (χ1) is 11.6. The van der Waals surface area contributed by atoms with Crippen LogP contribution in [0.2, 0.25) is 0 Å². The molecule has 5 nitrogen and oxygen atoms in total. The molecule has 1 aromatic heterocycles. The number of nitrogens with one attached hydrogen (secondary N) is 1. The van der Waals surface area contributed by atoms with Crippen LogP contribution in [0, 0.1) is 5.92 Å². The average molecular weight is 332 g/mol. The van der Waals surface area contributed by atoms with Crippen molar-refractivity contribution in [3.05, 3.63) is 24.2 Å². The van der Waals surface area contributed by atoms with E-state index >= 15 is 0 Å². The highest BCUT2D eigenvalue weighted by Gasteiger charge is 2.33. The number of hydrogen-bond donors (Lipinski definition) is 1. The largest absolute Gasteiger partial charge is 0.461 e. The second kappa shape index (κ2) is 7.97. The van der Waals surface area contributed by atoms with Gasteiger partial charge < -0.3 is 9.73 Å². The van der Waals surface area contributed by atoms with Crippen molar-refractivity contribution in [2.45, 2.75) is 64.0 Å². The predicted molar refractivity (Wildman–Crippen MR) is 91.8 cm³/mol. The van der Waals surface area contributed by atoms with Gasteiger partial charge in [-0.15, -0.1) is 0 Å². The number of nitrogens with zero attached hydrogens (tertiary/aromatic N) is 1. The van der Waals surface area contributed by atoms with Gasteiger partial charge in [-0.2, -0.15) is 0 Å². The van der Waals surface area contributed by atoms with Gasteiger partial charge in [0, 0.05) is 25.0 Å². The van der Waals surface area contributed by atoms with Crippen LogP contribution >= 0.6 is 0 Å². The molecule has 1 aliphatic carbocycles. The van der Waals surface area contributed by atoms with Crippen LogP contribution < -0.4 is 5.32 Å². The maximum atomic E-state index is 12.5. The van der Waals surface area contributed by atoms with Crippen molar-refractivity contribution < 1.29 is 14.0 Å². The van der Waals surface area contributed by atoms with Crippen LogP contribution in [0.1, 0.15) is 62.4 Å². The van der Waals surface area contributed by atoms with Crippen LogP contribution in [0.15, 0.2) is 22.8 Å².